The minimum absolute atomic E-state index is 0.00174. The largest absolute Gasteiger partial charge is 0.418 e. The fourth-order valence-corrected chi connectivity index (χ4v) is 1.32. The Morgan fingerprint density at radius 3 is 1.94 bits per heavy atom. The summed E-state index contributed by atoms with van der Waals surface area (Å²) in [7, 11) is 0. The SMILES string of the molecule is Cc1cc(C(O)C(F)(F)F)cc(C(F)(F)F)c1. The van der Waals surface area contributed by atoms with Crippen LogP contribution >= 0.6 is 0 Å². The molecule has 0 aliphatic rings. The lowest BCUT2D eigenvalue weighted by molar-refractivity contribution is -0.207. The lowest BCUT2D eigenvalue weighted by atomic mass is 10.0. The second-order valence-corrected chi connectivity index (χ2v) is 3.57. The Morgan fingerprint density at radius 1 is 1.00 bits per heavy atom. The van der Waals surface area contributed by atoms with Crippen molar-refractivity contribution in [3.8, 4) is 0 Å². The predicted octanol–water partition coefficient (Wildman–Crippen LogP) is 3.61. The number of halogens is 6. The molecular weight excluding hydrogens is 250 g/mol. The monoisotopic (exact) mass is 258 g/mol. The van der Waals surface area contributed by atoms with Crippen LogP contribution in [0.2, 0.25) is 0 Å². The van der Waals surface area contributed by atoms with Gasteiger partial charge in [-0.1, -0.05) is 11.6 Å². The van der Waals surface area contributed by atoms with Crippen molar-refractivity contribution in [2.24, 2.45) is 0 Å². The van der Waals surface area contributed by atoms with E-state index < -0.39 is 29.6 Å². The summed E-state index contributed by atoms with van der Waals surface area (Å²) in [6, 6.07) is 1.88. The third-order valence-corrected chi connectivity index (χ3v) is 2.05. The van der Waals surface area contributed by atoms with E-state index in [1.54, 1.807) is 0 Å². The smallest absolute Gasteiger partial charge is 0.379 e. The lowest BCUT2D eigenvalue weighted by Gasteiger charge is -2.17. The molecule has 1 unspecified atom stereocenters. The number of aliphatic hydroxyl groups is 1. The zero-order valence-corrected chi connectivity index (χ0v) is 8.52. The fraction of sp³-hybridized carbons (Fsp3) is 0.400. The fourth-order valence-electron chi connectivity index (χ4n) is 1.32. The molecule has 0 aliphatic heterocycles. The summed E-state index contributed by atoms with van der Waals surface area (Å²) in [5.74, 6) is 0. The van der Waals surface area contributed by atoms with Crippen LogP contribution in [0.15, 0.2) is 18.2 Å². The van der Waals surface area contributed by atoms with Crippen molar-refractivity contribution < 1.29 is 31.4 Å². The van der Waals surface area contributed by atoms with Gasteiger partial charge in [0.25, 0.3) is 0 Å². The third kappa shape index (κ3) is 3.36. The summed E-state index contributed by atoms with van der Waals surface area (Å²) in [4.78, 5) is 0. The van der Waals surface area contributed by atoms with Crippen LogP contribution in [0.4, 0.5) is 26.3 Å². The molecule has 0 heterocycles. The summed E-state index contributed by atoms with van der Waals surface area (Å²) in [5, 5.41) is 8.88. The average Bonchev–Trinajstić information content (AvgIpc) is 2.12. The number of alkyl halides is 6. The van der Waals surface area contributed by atoms with Gasteiger partial charge in [0.1, 0.15) is 0 Å². The molecule has 0 bridgehead atoms. The lowest BCUT2D eigenvalue weighted by Crippen LogP contribution is -2.21. The highest BCUT2D eigenvalue weighted by atomic mass is 19.4. The molecule has 0 aliphatic carbocycles. The minimum Gasteiger partial charge on any atom is -0.379 e. The van der Waals surface area contributed by atoms with Crippen molar-refractivity contribution >= 4 is 0 Å². The molecule has 17 heavy (non-hydrogen) atoms. The van der Waals surface area contributed by atoms with Crippen molar-refractivity contribution in [1.82, 2.24) is 0 Å². The molecule has 7 heteroatoms. The van der Waals surface area contributed by atoms with E-state index in [0.717, 1.165) is 6.07 Å². The first-order valence-electron chi connectivity index (χ1n) is 4.45. The number of aliphatic hydroxyl groups excluding tert-OH is 1. The second-order valence-electron chi connectivity index (χ2n) is 3.57. The van der Waals surface area contributed by atoms with Gasteiger partial charge in [-0.3, -0.25) is 0 Å². The maximum absolute atomic E-state index is 12.3. The summed E-state index contributed by atoms with van der Waals surface area (Å²) >= 11 is 0. The molecule has 1 aromatic rings. The molecule has 1 aromatic carbocycles. The van der Waals surface area contributed by atoms with Gasteiger partial charge in [-0.2, -0.15) is 26.3 Å². The Balaban J connectivity index is 3.24. The van der Waals surface area contributed by atoms with Crippen LogP contribution in [0, 0.1) is 6.92 Å². The summed E-state index contributed by atoms with van der Waals surface area (Å²) in [5.41, 5.74) is -2.03. The van der Waals surface area contributed by atoms with Crippen molar-refractivity contribution in [3.63, 3.8) is 0 Å². The van der Waals surface area contributed by atoms with Crippen LogP contribution in [0.25, 0.3) is 0 Å². The molecule has 1 atom stereocenters. The van der Waals surface area contributed by atoms with Gasteiger partial charge in [0.15, 0.2) is 6.10 Å². The highest BCUT2D eigenvalue weighted by Gasteiger charge is 2.40. The van der Waals surface area contributed by atoms with Gasteiger partial charge < -0.3 is 5.11 Å². The van der Waals surface area contributed by atoms with Crippen molar-refractivity contribution in [1.29, 1.82) is 0 Å². The van der Waals surface area contributed by atoms with E-state index in [1.807, 2.05) is 0 Å². The Kier molecular flexibility index (Phi) is 3.42. The molecule has 0 saturated carbocycles. The Hall–Kier alpha value is -1.24. The summed E-state index contributed by atoms with van der Waals surface area (Å²) < 4.78 is 73.5. The first-order chi connectivity index (χ1) is 7.51. The molecule has 0 amide bonds. The van der Waals surface area contributed by atoms with Crippen molar-refractivity contribution in [2.45, 2.75) is 25.4 Å². The molecule has 0 saturated heterocycles. The number of hydrogen-bond acceptors (Lipinski definition) is 1. The molecule has 1 rings (SSSR count). The maximum Gasteiger partial charge on any atom is 0.418 e. The topological polar surface area (TPSA) is 20.2 Å². The highest BCUT2D eigenvalue weighted by Crippen LogP contribution is 2.36. The molecule has 0 radical (unpaired) electrons. The van der Waals surface area contributed by atoms with E-state index in [1.165, 1.54) is 6.92 Å². The van der Waals surface area contributed by atoms with Crippen LogP contribution in [0.5, 0.6) is 0 Å². The number of rotatable bonds is 1. The van der Waals surface area contributed by atoms with E-state index in [-0.39, 0.29) is 5.56 Å². The van der Waals surface area contributed by atoms with Crippen LogP contribution < -0.4 is 0 Å². The zero-order valence-electron chi connectivity index (χ0n) is 8.52. The van der Waals surface area contributed by atoms with E-state index in [9.17, 15) is 26.3 Å². The van der Waals surface area contributed by atoms with Crippen LogP contribution in [0.3, 0.4) is 0 Å². The molecule has 1 nitrogen and oxygen atoms in total. The van der Waals surface area contributed by atoms with Gasteiger partial charge in [0.05, 0.1) is 5.56 Å². The van der Waals surface area contributed by atoms with Gasteiger partial charge >= 0.3 is 12.4 Å². The van der Waals surface area contributed by atoms with Crippen LogP contribution in [0.1, 0.15) is 22.8 Å². The van der Waals surface area contributed by atoms with Gasteiger partial charge in [-0.15, -0.1) is 0 Å². The zero-order chi connectivity index (χ0) is 13.4. The standard InChI is InChI=1S/C10H8F6O/c1-5-2-6(8(17)10(14,15)16)4-7(3-5)9(11,12)13/h2-4,8,17H,1H3. The Bertz CT molecular complexity index is 406. The third-order valence-electron chi connectivity index (χ3n) is 2.05. The first kappa shape index (κ1) is 13.8. The second kappa shape index (κ2) is 4.21. The van der Waals surface area contributed by atoms with Crippen molar-refractivity contribution in [3.05, 3.63) is 34.9 Å². The molecule has 0 aromatic heterocycles. The first-order valence-corrected chi connectivity index (χ1v) is 4.45. The van der Waals surface area contributed by atoms with E-state index in [0.29, 0.717) is 12.1 Å². The van der Waals surface area contributed by atoms with E-state index >= 15 is 0 Å². The quantitative estimate of drug-likeness (QED) is 0.763. The molecule has 0 fully saturated rings. The van der Waals surface area contributed by atoms with E-state index in [2.05, 4.69) is 0 Å². The van der Waals surface area contributed by atoms with Crippen LogP contribution in [-0.2, 0) is 6.18 Å². The summed E-state index contributed by atoms with van der Waals surface area (Å²) in [6.45, 7) is 1.22. The molecule has 0 spiro atoms. The number of aryl methyl sites for hydroxylation is 1. The molecular formula is C10H8F6O. The van der Waals surface area contributed by atoms with Gasteiger partial charge in [-0.25, -0.2) is 0 Å². The normalized spacial score (nSPS) is 14.8. The number of hydrogen-bond donors (Lipinski definition) is 1. The van der Waals surface area contributed by atoms with Crippen LogP contribution in [-0.4, -0.2) is 11.3 Å². The van der Waals surface area contributed by atoms with Crippen molar-refractivity contribution in [2.75, 3.05) is 0 Å². The molecule has 1 N–H and O–H groups in total. The maximum atomic E-state index is 12.3. The highest BCUT2D eigenvalue weighted by molar-refractivity contribution is 5.33. The predicted molar refractivity (Wildman–Crippen MR) is 47.2 cm³/mol. The van der Waals surface area contributed by atoms with Gasteiger partial charge in [0.2, 0.25) is 0 Å². The minimum atomic E-state index is -4.99. The van der Waals surface area contributed by atoms with Gasteiger partial charge in [0, 0.05) is 0 Å². The average molecular weight is 258 g/mol. The Morgan fingerprint density at radius 2 is 1.53 bits per heavy atom. The molecule has 96 valence electrons. The number of benzene rings is 1. The summed E-state index contributed by atoms with van der Waals surface area (Å²) in [6.07, 6.45) is -12.6. The van der Waals surface area contributed by atoms with E-state index in [4.69, 9.17) is 5.11 Å². The Labute approximate surface area is 92.7 Å². The van der Waals surface area contributed by atoms with Gasteiger partial charge in [-0.05, 0) is 24.6 Å².